The van der Waals surface area contributed by atoms with Crippen LogP contribution in [0, 0.1) is 0 Å². The second kappa shape index (κ2) is 6.72. The van der Waals surface area contributed by atoms with Crippen molar-refractivity contribution in [3.63, 3.8) is 0 Å². The minimum Gasteiger partial charge on any atom is -0.461 e. The third-order valence-corrected chi connectivity index (χ3v) is 3.64. The molecule has 0 aromatic heterocycles. The van der Waals surface area contributed by atoms with Crippen molar-refractivity contribution in [2.45, 2.75) is 70.9 Å². The van der Waals surface area contributed by atoms with Crippen molar-refractivity contribution in [2.75, 3.05) is 13.2 Å². The van der Waals surface area contributed by atoms with Crippen LogP contribution in [0.15, 0.2) is 5.16 Å². The fraction of sp³-hybridized carbons (Fsp3) is 0.867. The van der Waals surface area contributed by atoms with Crippen LogP contribution in [0.5, 0.6) is 0 Å². The van der Waals surface area contributed by atoms with E-state index in [4.69, 9.17) is 28.9 Å². The summed E-state index contributed by atoms with van der Waals surface area (Å²) >= 11 is 0. The van der Waals surface area contributed by atoms with Gasteiger partial charge in [0.15, 0.2) is 17.3 Å². The SMILES string of the molecule is CCOC(=O)/C(C[C@H]1OC(C)(C)O[C@@H]1[C@H]1COC(C)(C)O1)=N/O. The molecule has 0 aromatic rings. The summed E-state index contributed by atoms with van der Waals surface area (Å²) in [6.45, 7) is 9.44. The highest BCUT2D eigenvalue weighted by molar-refractivity contribution is 6.36. The molecule has 2 heterocycles. The molecule has 0 radical (unpaired) electrons. The van der Waals surface area contributed by atoms with Gasteiger partial charge in [-0.25, -0.2) is 4.79 Å². The Morgan fingerprint density at radius 1 is 1.22 bits per heavy atom. The van der Waals surface area contributed by atoms with Crippen LogP contribution in [0.4, 0.5) is 0 Å². The van der Waals surface area contributed by atoms with Gasteiger partial charge in [0, 0.05) is 6.42 Å². The predicted octanol–water partition coefficient (Wildman–Crippen LogP) is 1.44. The van der Waals surface area contributed by atoms with E-state index in [1.165, 1.54) is 0 Å². The van der Waals surface area contributed by atoms with E-state index in [1.807, 2.05) is 13.8 Å². The maximum Gasteiger partial charge on any atom is 0.356 e. The van der Waals surface area contributed by atoms with Gasteiger partial charge in [-0.15, -0.1) is 0 Å². The molecule has 8 heteroatoms. The Kier molecular flexibility index (Phi) is 5.30. The molecule has 2 aliphatic heterocycles. The van der Waals surface area contributed by atoms with E-state index in [0.717, 1.165) is 0 Å². The molecule has 2 rings (SSSR count). The fourth-order valence-electron chi connectivity index (χ4n) is 2.78. The Bertz CT molecular complexity index is 474. The monoisotopic (exact) mass is 331 g/mol. The number of nitrogens with zero attached hydrogens (tertiary/aromatic N) is 1. The Morgan fingerprint density at radius 2 is 1.91 bits per heavy atom. The van der Waals surface area contributed by atoms with E-state index < -0.39 is 29.8 Å². The topological polar surface area (TPSA) is 95.8 Å². The molecule has 0 bridgehead atoms. The number of esters is 1. The van der Waals surface area contributed by atoms with Crippen molar-refractivity contribution in [3.05, 3.63) is 0 Å². The molecule has 2 saturated heterocycles. The molecule has 0 saturated carbocycles. The molecule has 8 nitrogen and oxygen atoms in total. The van der Waals surface area contributed by atoms with Crippen LogP contribution in [0.3, 0.4) is 0 Å². The second-order valence-electron chi connectivity index (χ2n) is 6.48. The van der Waals surface area contributed by atoms with Crippen LogP contribution in [0.1, 0.15) is 41.0 Å². The summed E-state index contributed by atoms with van der Waals surface area (Å²) in [6.07, 6.45) is -1.23. The molecule has 1 N–H and O–H groups in total. The third kappa shape index (κ3) is 4.41. The highest BCUT2D eigenvalue weighted by Crippen LogP contribution is 2.36. The number of hydrogen-bond donors (Lipinski definition) is 1. The maximum atomic E-state index is 11.8. The van der Waals surface area contributed by atoms with Crippen LogP contribution in [0.2, 0.25) is 0 Å². The Morgan fingerprint density at radius 3 is 2.43 bits per heavy atom. The molecule has 2 fully saturated rings. The van der Waals surface area contributed by atoms with Gasteiger partial charge in [0.25, 0.3) is 0 Å². The van der Waals surface area contributed by atoms with Crippen LogP contribution in [0.25, 0.3) is 0 Å². The van der Waals surface area contributed by atoms with Gasteiger partial charge in [-0.05, 0) is 34.6 Å². The molecular formula is C15H25NO7. The molecule has 23 heavy (non-hydrogen) atoms. The Labute approximate surface area is 135 Å². The quantitative estimate of drug-likeness (QED) is 0.352. The zero-order valence-electron chi connectivity index (χ0n) is 14.2. The van der Waals surface area contributed by atoms with Crippen LogP contribution < -0.4 is 0 Å². The lowest BCUT2D eigenvalue weighted by Gasteiger charge is -2.23. The van der Waals surface area contributed by atoms with Gasteiger partial charge in [0.2, 0.25) is 0 Å². The minimum absolute atomic E-state index is 0.0592. The molecule has 0 unspecified atom stereocenters. The first-order chi connectivity index (χ1) is 10.7. The van der Waals surface area contributed by atoms with E-state index in [9.17, 15) is 4.79 Å². The zero-order valence-corrected chi connectivity index (χ0v) is 14.2. The molecule has 2 aliphatic rings. The van der Waals surface area contributed by atoms with Crippen LogP contribution in [-0.4, -0.2) is 60.0 Å². The number of carbonyl (C=O) groups is 1. The van der Waals surface area contributed by atoms with E-state index in [0.29, 0.717) is 6.61 Å². The van der Waals surface area contributed by atoms with E-state index in [-0.39, 0.29) is 24.8 Å². The van der Waals surface area contributed by atoms with Gasteiger partial charge < -0.3 is 28.9 Å². The first kappa shape index (κ1) is 18.1. The van der Waals surface area contributed by atoms with Crippen molar-refractivity contribution in [3.8, 4) is 0 Å². The van der Waals surface area contributed by atoms with Crippen molar-refractivity contribution in [1.82, 2.24) is 0 Å². The first-order valence-corrected chi connectivity index (χ1v) is 7.73. The zero-order chi connectivity index (χ0) is 17.3. The number of carbonyl (C=O) groups excluding carboxylic acids is 1. The van der Waals surface area contributed by atoms with Crippen LogP contribution >= 0.6 is 0 Å². The smallest absolute Gasteiger partial charge is 0.356 e. The molecular weight excluding hydrogens is 306 g/mol. The maximum absolute atomic E-state index is 11.8. The molecule has 3 atom stereocenters. The molecule has 132 valence electrons. The Hall–Kier alpha value is -1.22. The highest BCUT2D eigenvalue weighted by atomic mass is 16.8. The lowest BCUT2D eigenvalue weighted by atomic mass is 10.0. The standard InChI is InChI=1S/C15H25NO7/c1-6-19-13(17)9(16-18)7-10-12(23-15(4,5)21-10)11-8-20-14(2,3)22-11/h10-12,18H,6-8H2,1-5H3/b16-9+/t10-,11-,12+/m1/s1. The molecule has 0 aromatic carbocycles. The normalized spacial score (nSPS) is 32.9. The minimum atomic E-state index is -0.833. The van der Waals surface area contributed by atoms with Crippen LogP contribution in [-0.2, 0) is 28.5 Å². The summed E-state index contributed by atoms with van der Waals surface area (Å²) in [6, 6.07) is 0. The van der Waals surface area contributed by atoms with Gasteiger partial charge in [0.05, 0.1) is 19.3 Å². The summed E-state index contributed by atoms with van der Waals surface area (Å²) in [4.78, 5) is 11.8. The summed E-state index contributed by atoms with van der Waals surface area (Å²) in [5.41, 5.74) is -0.110. The first-order valence-electron chi connectivity index (χ1n) is 7.73. The number of hydrogen-bond acceptors (Lipinski definition) is 8. The van der Waals surface area contributed by atoms with Gasteiger partial charge in [0.1, 0.15) is 12.2 Å². The molecule has 0 amide bonds. The van der Waals surface area contributed by atoms with E-state index >= 15 is 0 Å². The van der Waals surface area contributed by atoms with Crippen molar-refractivity contribution >= 4 is 11.7 Å². The number of oxime groups is 1. The highest BCUT2D eigenvalue weighted by Gasteiger charge is 2.50. The lowest BCUT2D eigenvalue weighted by Crippen LogP contribution is -2.40. The summed E-state index contributed by atoms with van der Waals surface area (Å²) < 4.78 is 28.0. The summed E-state index contributed by atoms with van der Waals surface area (Å²) in [5, 5.41) is 12.1. The van der Waals surface area contributed by atoms with Gasteiger partial charge >= 0.3 is 5.97 Å². The number of ether oxygens (including phenoxy) is 5. The molecule has 0 spiro atoms. The second-order valence-corrected chi connectivity index (χ2v) is 6.48. The Balaban J connectivity index is 2.10. The summed E-state index contributed by atoms with van der Waals surface area (Å²) in [7, 11) is 0. The third-order valence-electron chi connectivity index (χ3n) is 3.64. The van der Waals surface area contributed by atoms with Gasteiger partial charge in [-0.1, -0.05) is 5.16 Å². The predicted molar refractivity (Wildman–Crippen MR) is 79.2 cm³/mol. The molecule has 0 aliphatic carbocycles. The van der Waals surface area contributed by atoms with Crippen molar-refractivity contribution in [1.29, 1.82) is 0 Å². The summed E-state index contributed by atoms with van der Waals surface area (Å²) in [5.74, 6) is -2.20. The van der Waals surface area contributed by atoms with Crippen molar-refractivity contribution < 1.29 is 33.7 Å². The van der Waals surface area contributed by atoms with Gasteiger partial charge in [-0.2, -0.15) is 0 Å². The average Bonchev–Trinajstić information content (AvgIpc) is 2.95. The average molecular weight is 331 g/mol. The number of rotatable bonds is 5. The van der Waals surface area contributed by atoms with E-state index in [1.54, 1.807) is 20.8 Å². The van der Waals surface area contributed by atoms with Crippen molar-refractivity contribution in [2.24, 2.45) is 5.16 Å². The van der Waals surface area contributed by atoms with Gasteiger partial charge in [-0.3, -0.25) is 0 Å². The van der Waals surface area contributed by atoms with E-state index in [2.05, 4.69) is 5.16 Å². The largest absolute Gasteiger partial charge is 0.461 e. The fourth-order valence-corrected chi connectivity index (χ4v) is 2.78. The lowest BCUT2D eigenvalue weighted by molar-refractivity contribution is -0.174.